The standard InChI is InChI=1S/C16H21N3O4S/c1-18-14(20)13(11-12-5-3-2-4-6-12)17-16(18)7-9-19(10-8-16)24-23-15(21)22/h2-6,13,17H,7-11H2,1H3,(H,21,22). The molecule has 0 aliphatic carbocycles. The molecule has 130 valence electrons. The maximum absolute atomic E-state index is 12.6. The predicted octanol–water partition coefficient (Wildman–Crippen LogP) is 1.71. The van der Waals surface area contributed by atoms with Crippen LogP contribution in [-0.2, 0) is 15.4 Å². The van der Waals surface area contributed by atoms with Crippen LogP contribution in [0, 0.1) is 0 Å². The molecule has 0 saturated carbocycles. The van der Waals surface area contributed by atoms with Gasteiger partial charge in [0.25, 0.3) is 0 Å². The Morgan fingerprint density at radius 1 is 1.38 bits per heavy atom. The van der Waals surface area contributed by atoms with Gasteiger partial charge in [-0.3, -0.25) is 10.1 Å². The molecule has 1 atom stereocenters. The summed E-state index contributed by atoms with van der Waals surface area (Å²) in [5.41, 5.74) is 0.785. The van der Waals surface area contributed by atoms with Crippen molar-refractivity contribution in [2.24, 2.45) is 0 Å². The molecule has 1 aromatic carbocycles. The molecule has 2 N–H and O–H groups in total. The van der Waals surface area contributed by atoms with E-state index in [1.54, 1.807) is 0 Å². The predicted molar refractivity (Wildman–Crippen MR) is 90.1 cm³/mol. The van der Waals surface area contributed by atoms with Crippen molar-refractivity contribution in [2.45, 2.75) is 31.0 Å². The van der Waals surface area contributed by atoms with Crippen LogP contribution < -0.4 is 5.32 Å². The normalized spacial score (nSPS) is 23.6. The minimum Gasteiger partial charge on any atom is -0.449 e. The zero-order valence-corrected chi connectivity index (χ0v) is 14.3. The third-order valence-corrected chi connectivity index (χ3v) is 5.55. The topological polar surface area (TPSA) is 82.1 Å². The fourth-order valence-corrected chi connectivity index (χ4v) is 3.91. The Hall–Kier alpha value is -1.77. The number of piperidine rings is 1. The Kier molecular flexibility index (Phi) is 4.98. The van der Waals surface area contributed by atoms with Crippen molar-refractivity contribution in [3.8, 4) is 0 Å². The summed E-state index contributed by atoms with van der Waals surface area (Å²) in [5.74, 6) is 0.113. The molecule has 2 fully saturated rings. The van der Waals surface area contributed by atoms with Crippen LogP contribution in [0.15, 0.2) is 30.3 Å². The second-order valence-electron chi connectivity index (χ2n) is 6.17. The van der Waals surface area contributed by atoms with Gasteiger partial charge in [0.1, 0.15) is 0 Å². The van der Waals surface area contributed by atoms with E-state index >= 15 is 0 Å². The molecule has 1 spiro atoms. The number of hydrogen-bond acceptors (Lipinski definition) is 6. The number of likely N-dealkylation sites (N-methyl/N-ethyl adjacent to an activating group) is 1. The Bertz CT molecular complexity index is 605. The number of amides is 1. The number of hydrogen-bond donors (Lipinski definition) is 2. The van der Waals surface area contributed by atoms with Crippen molar-refractivity contribution < 1.29 is 18.9 Å². The van der Waals surface area contributed by atoms with Gasteiger partial charge in [-0.25, -0.2) is 9.10 Å². The lowest BCUT2D eigenvalue weighted by Gasteiger charge is -2.42. The number of carbonyl (C=O) groups excluding carboxylic acids is 1. The molecule has 1 amide bonds. The summed E-state index contributed by atoms with van der Waals surface area (Å²) in [6.07, 6.45) is 0.842. The van der Waals surface area contributed by atoms with Gasteiger partial charge in [0, 0.05) is 20.1 Å². The first-order valence-corrected chi connectivity index (χ1v) is 8.62. The van der Waals surface area contributed by atoms with Gasteiger partial charge in [-0.15, -0.1) is 0 Å². The summed E-state index contributed by atoms with van der Waals surface area (Å²) >= 11 is 0.856. The van der Waals surface area contributed by atoms with E-state index in [1.165, 1.54) is 0 Å². The Balaban J connectivity index is 1.61. The third-order valence-electron chi connectivity index (χ3n) is 4.76. The second kappa shape index (κ2) is 7.00. The highest BCUT2D eigenvalue weighted by atomic mass is 32.2. The number of carboxylic acid groups (broad SMARTS) is 1. The smallest absolute Gasteiger partial charge is 0.449 e. The van der Waals surface area contributed by atoms with E-state index in [2.05, 4.69) is 9.50 Å². The Morgan fingerprint density at radius 2 is 2.04 bits per heavy atom. The van der Waals surface area contributed by atoms with Crippen LogP contribution in [-0.4, -0.2) is 58.2 Å². The van der Waals surface area contributed by atoms with Gasteiger partial charge in [-0.1, -0.05) is 30.3 Å². The monoisotopic (exact) mass is 351 g/mol. The third kappa shape index (κ3) is 3.50. The summed E-state index contributed by atoms with van der Waals surface area (Å²) in [4.78, 5) is 24.9. The fourth-order valence-electron chi connectivity index (χ4n) is 3.41. The Morgan fingerprint density at radius 3 is 2.67 bits per heavy atom. The SMILES string of the molecule is CN1C(=O)C(Cc2ccccc2)NC12CCN(SOC(=O)O)CC2. The highest BCUT2D eigenvalue weighted by Gasteiger charge is 2.49. The molecule has 2 aliphatic heterocycles. The van der Waals surface area contributed by atoms with Crippen LogP contribution in [0.25, 0.3) is 0 Å². The lowest BCUT2D eigenvalue weighted by Crippen LogP contribution is -2.57. The first-order chi connectivity index (χ1) is 11.5. The molecular formula is C16H21N3O4S. The highest BCUT2D eigenvalue weighted by molar-refractivity contribution is 7.92. The van der Waals surface area contributed by atoms with Gasteiger partial charge < -0.3 is 14.2 Å². The molecule has 0 bridgehead atoms. The van der Waals surface area contributed by atoms with E-state index in [0.717, 1.165) is 30.6 Å². The fraction of sp³-hybridized carbons (Fsp3) is 0.500. The van der Waals surface area contributed by atoms with Crippen LogP contribution in [0.5, 0.6) is 0 Å². The molecular weight excluding hydrogens is 330 g/mol. The molecule has 1 unspecified atom stereocenters. The lowest BCUT2D eigenvalue weighted by atomic mass is 9.97. The number of benzene rings is 1. The number of carbonyl (C=O) groups is 2. The molecule has 2 saturated heterocycles. The van der Waals surface area contributed by atoms with E-state index in [-0.39, 0.29) is 17.6 Å². The van der Waals surface area contributed by atoms with E-state index in [9.17, 15) is 9.59 Å². The molecule has 0 radical (unpaired) electrons. The summed E-state index contributed by atoms with van der Waals surface area (Å²) in [6, 6.07) is 9.77. The maximum Gasteiger partial charge on any atom is 0.519 e. The van der Waals surface area contributed by atoms with Crippen molar-refractivity contribution in [3.05, 3.63) is 35.9 Å². The average molecular weight is 351 g/mol. The number of nitrogens with zero attached hydrogens (tertiary/aromatic N) is 2. The van der Waals surface area contributed by atoms with Crippen LogP contribution in [0.3, 0.4) is 0 Å². The van der Waals surface area contributed by atoms with Gasteiger partial charge in [-0.05, 0) is 24.8 Å². The zero-order valence-electron chi connectivity index (χ0n) is 13.5. The Labute approximate surface area is 145 Å². The van der Waals surface area contributed by atoms with Crippen molar-refractivity contribution in [1.82, 2.24) is 14.5 Å². The summed E-state index contributed by atoms with van der Waals surface area (Å²) < 4.78 is 6.40. The van der Waals surface area contributed by atoms with Gasteiger partial charge >= 0.3 is 6.16 Å². The molecule has 3 rings (SSSR count). The van der Waals surface area contributed by atoms with E-state index < -0.39 is 6.16 Å². The molecule has 2 aliphatic rings. The summed E-state index contributed by atoms with van der Waals surface area (Å²) in [5, 5.41) is 12.1. The number of nitrogens with one attached hydrogen (secondary N) is 1. The molecule has 0 aromatic heterocycles. The van der Waals surface area contributed by atoms with Gasteiger partial charge in [0.15, 0.2) is 12.2 Å². The molecule has 1 aromatic rings. The minimum atomic E-state index is -1.30. The van der Waals surface area contributed by atoms with Gasteiger partial charge in [0.05, 0.1) is 11.7 Å². The molecule has 8 heteroatoms. The van der Waals surface area contributed by atoms with Crippen LogP contribution >= 0.6 is 12.2 Å². The quantitative estimate of drug-likeness (QED) is 0.631. The van der Waals surface area contributed by atoms with Crippen molar-refractivity contribution in [3.63, 3.8) is 0 Å². The second-order valence-corrected chi connectivity index (χ2v) is 7.00. The first-order valence-electron chi connectivity index (χ1n) is 7.92. The van der Waals surface area contributed by atoms with Crippen molar-refractivity contribution >= 4 is 24.3 Å². The summed E-state index contributed by atoms with van der Waals surface area (Å²) in [6.45, 7) is 1.31. The number of rotatable bonds is 4. The lowest BCUT2D eigenvalue weighted by molar-refractivity contribution is -0.131. The van der Waals surface area contributed by atoms with E-state index in [1.807, 2.05) is 46.6 Å². The molecule has 24 heavy (non-hydrogen) atoms. The maximum atomic E-state index is 12.6. The van der Waals surface area contributed by atoms with Crippen LogP contribution in [0.1, 0.15) is 18.4 Å². The van der Waals surface area contributed by atoms with E-state index in [4.69, 9.17) is 5.11 Å². The van der Waals surface area contributed by atoms with Crippen molar-refractivity contribution in [1.29, 1.82) is 0 Å². The van der Waals surface area contributed by atoms with Crippen LogP contribution in [0.2, 0.25) is 0 Å². The van der Waals surface area contributed by atoms with E-state index in [0.29, 0.717) is 19.5 Å². The minimum absolute atomic E-state index is 0.113. The van der Waals surface area contributed by atoms with Gasteiger partial charge in [0.2, 0.25) is 5.91 Å². The van der Waals surface area contributed by atoms with Crippen LogP contribution in [0.4, 0.5) is 4.79 Å². The zero-order chi connectivity index (χ0) is 17.2. The van der Waals surface area contributed by atoms with Gasteiger partial charge in [-0.2, -0.15) is 0 Å². The highest BCUT2D eigenvalue weighted by Crippen LogP contribution is 2.34. The van der Waals surface area contributed by atoms with Crippen molar-refractivity contribution in [2.75, 3.05) is 20.1 Å². The largest absolute Gasteiger partial charge is 0.519 e. The first kappa shape index (κ1) is 17.1. The summed E-state index contributed by atoms with van der Waals surface area (Å²) in [7, 11) is 1.84. The molecule has 7 nitrogen and oxygen atoms in total. The average Bonchev–Trinajstić information content (AvgIpc) is 2.80. The molecule has 2 heterocycles.